The topological polar surface area (TPSA) is 15.3 Å². The van der Waals surface area contributed by atoms with Crippen molar-refractivity contribution in [2.45, 2.75) is 53.2 Å². The van der Waals surface area contributed by atoms with E-state index < -0.39 is 0 Å². The van der Waals surface area contributed by atoms with E-state index in [-0.39, 0.29) is 0 Å². The second-order valence-corrected chi connectivity index (χ2v) is 8.54. The van der Waals surface area contributed by atoms with Crippen molar-refractivity contribution in [1.29, 1.82) is 0 Å². The molecule has 3 aromatic rings. The summed E-state index contributed by atoms with van der Waals surface area (Å²) in [4.78, 5) is 2.36. The number of hydrogen-bond acceptors (Lipinski definition) is 2. The molecule has 31 heavy (non-hydrogen) atoms. The van der Waals surface area contributed by atoms with Crippen LogP contribution in [0.1, 0.15) is 46.7 Å². The summed E-state index contributed by atoms with van der Waals surface area (Å²) in [6.07, 6.45) is 4.33. The molecular weight excluding hydrogens is 376 g/mol. The fourth-order valence-corrected chi connectivity index (χ4v) is 3.76. The van der Waals surface area contributed by atoms with Gasteiger partial charge in [0.05, 0.1) is 0 Å². The molecule has 0 spiro atoms. The maximum Gasteiger partial charge on any atom is 0.0397 e. The quantitative estimate of drug-likeness (QED) is 0.405. The second kappa shape index (κ2) is 11.5. The molecule has 0 amide bonds. The van der Waals surface area contributed by atoms with Gasteiger partial charge < -0.3 is 5.32 Å². The smallest absolute Gasteiger partial charge is 0.0397 e. The van der Waals surface area contributed by atoms with Crippen LogP contribution in [-0.4, -0.2) is 11.9 Å². The van der Waals surface area contributed by atoms with Gasteiger partial charge >= 0.3 is 0 Å². The van der Waals surface area contributed by atoms with Gasteiger partial charge in [-0.2, -0.15) is 0 Å². The molecule has 3 rings (SSSR count). The van der Waals surface area contributed by atoms with Crippen molar-refractivity contribution in [2.75, 3.05) is 7.05 Å². The fourth-order valence-electron chi connectivity index (χ4n) is 3.76. The van der Waals surface area contributed by atoms with Gasteiger partial charge in [0.1, 0.15) is 0 Å². The highest BCUT2D eigenvalue weighted by Gasteiger charge is 2.03. The summed E-state index contributed by atoms with van der Waals surface area (Å²) < 4.78 is 0. The molecule has 0 atom stereocenters. The minimum atomic E-state index is 0.868. The van der Waals surface area contributed by atoms with Crippen molar-refractivity contribution >= 4 is 0 Å². The molecule has 0 aromatic heterocycles. The molecule has 0 fully saturated rings. The van der Waals surface area contributed by atoms with E-state index in [0.29, 0.717) is 0 Å². The summed E-state index contributed by atoms with van der Waals surface area (Å²) in [6, 6.07) is 26.4. The van der Waals surface area contributed by atoms with E-state index in [2.05, 4.69) is 117 Å². The number of rotatable bonds is 10. The van der Waals surface area contributed by atoms with Gasteiger partial charge in [-0.05, 0) is 61.6 Å². The number of aryl methyl sites for hydroxylation is 2. The van der Waals surface area contributed by atoms with Crippen LogP contribution in [0.4, 0.5) is 0 Å². The van der Waals surface area contributed by atoms with Crippen LogP contribution >= 0.6 is 0 Å². The minimum Gasteiger partial charge on any atom is -0.385 e. The summed E-state index contributed by atoms with van der Waals surface area (Å²) >= 11 is 0. The van der Waals surface area contributed by atoms with Crippen LogP contribution in [0, 0.1) is 13.8 Å². The maximum absolute atomic E-state index is 3.62. The van der Waals surface area contributed by atoms with Crippen molar-refractivity contribution in [1.82, 2.24) is 10.2 Å². The Morgan fingerprint density at radius 3 is 2.00 bits per heavy atom. The molecule has 0 saturated carbocycles. The van der Waals surface area contributed by atoms with Crippen LogP contribution in [0.15, 0.2) is 84.6 Å². The molecule has 0 unspecified atom stereocenters. The predicted octanol–water partition coefficient (Wildman–Crippen LogP) is 6.56. The van der Waals surface area contributed by atoms with E-state index >= 15 is 0 Å². The van der Waals surface area contributed by atoms with Gasteiger partial charge in [0.15, 0.2) is 0 Å². The van der Waals surface area contributed by atoms with Crippen LogP contribution < -0.4 is 5.32 Å². The number of benzene rings is 3. The zero-order valence-electron chi connectivity index (χ0n) is 19.5. The molecule has 2 heteroatoms. The van der Waals surface area contributed by atoms with Gasteiger partial charge in [0, 0.05) is 25.3 Å². The summed E-state index contributed by atoms with van der Waals surface area (Å²) in [6.45, 7) is 9.32. The first kappa shape index (κ1) is 22.8. The lowest BCUT2D eigenvalue weighted by molar-refractivity contribution is 0.319. The van der Waals surface area contributed by atoms with E-state index in [9.17, 15) is 0 Å². The van der Waals surface area contributed by atoms with Gasteiger partial charge in [-0.3, -0.25) is 4.90 Å². The van der Waals surface area contributed by atoms with E-state index in [1.54, 1.807) is 0 Å². The lowest BCUT2D eigenvalue weighted by atomic mass is 10.0. The molecule has 162 valence electrons. The van der Waals surface area contributed by atoms with Crippen molar-refractivity contribution in [3.05, 3.63) is 118 Å². The standard InChI is InChI=1S/C29H36N2/c1-5-29(19-18-28-9-7-6-8-24(28)3)30-20-25-14-16-27(17-15-25)22-31(4)21-26-12-10-23(2)11-13-26/h6-17,19,30H,5,18,20-22H2,1-4H3/b29-19+. The lowest BCUT2D eigenvalue weighted by Gasteiger charge is -2.17. The molecule has 0 heterocycles. The number of nitrogens with zero attached hydrogens (tertiary/aromatic N) is 1. The third-order valence-corrected chi connectivity index (χ3v) is 5.78. The normalized spacial score (nSPS) is 11.7. The molecule has 0 aliphatic carbocycles. The van der Waals surface area contributed by atoms with Crippen molar-refractivity contribution < 1.29 is 0 Å². The van der Waals surface area contributed by atoms with Gasteiger partial charge in [0.25, 0.3) is 0 Å². The Kier molecular flexibility index (Phi) is 8.49. The first-order valence-corrected chi connectivity index (χ1v) is 11.3. The lowest BCUT2D eigenvalue weighted by Crippen LogP contribution is -2.17. The highest BCUT2D eigenvalue weighted by atomic mass is 15.1. The third kappa shape index (κ3) is 7.41. The molecule has 1 N–H and O–H groups in total. The van der Waals surface area contributed by atoms with Crippen LogP contribution in [0.3, 0.4) is 0 Å². The van der Waals surface area contributed by atoms with Crippen LogP contribution in [0.2, 0.25) is 0 Å². The van der Waals surface area contributed by atoms with Crippen molar-refractivity contribution in [2.24, 2.45) is 0 Å². The average Bonchev–Trinajstić information content (AvgIpc) is 2.77. The second-order valence-electron chi connectivity index (χ2n) is 8.54. The van der Waals surface area contributed by atoms with Crippen molar-refractivity contribution in [3.8, 4) is 0 Å². The molecule has 0 radical (unpaired) electrons. The molecular formula is C29H36N2. The van der Waals surface area contributed by atoms with E-state index in [1.165, 1.54) is 39.1 Å². The number of allylic oxidation sites excluding steroid dienone is 2. The molecule has 0 bridgehead atoms. The van der Waals surface area contributed by atoms with Gasteiger partial charge in [-0.15, -0.1) is 0 Å². The first-order valence-electron chi connectivity index (χ1n) is 11.3. The highest BCUT2D eigenvalue weighted by molar-refractivity contribution is 5.28. The SMILES string of the molecule is CC/C(=C\Cc1ccccc1C)NCc1ccc(CN(C)Cc2ccc(C)cc2)cc1. The summed E-state index contributed by atoms with van der Waals surface area (Å²) in [5.41, 5.74) is 9.41. The molecule has 2 nitrogen and oxygen atoms in total. The van der Waals surface area contributed by atoms with E-state index in [1.807, 2.05) is 0 Å². The highest BCUT2D eigenvalue weighted by Crippen LogP contribution is 2.13. The zero-order chi connectivity index (χ0) is 22.1. The molecule has 0 aliphatic heterocycles. The van der Waals surface area contributed by atoms with Crippen LogP contribution in [0.5, 0.6) is 0 Å². The number of nitrogens with one attached hydrogen (secondary N) is 1. The summed E-state index contributed by atoms with van der Waals surface area (Å²) in [5.74, 6) is 0. The average molecular weight is 413 g/mol. The van der Waals surface area contributed by atoms with Gasteiger partial charge in [0.2, 0.25) is 0 Å². The third-order valence-electron chi connectivity index (χ3n) is 5.78. The Hall–Kier alpha value is -2.84. The van der Waals surface area contributed by atoms with E-state index in [0.717, 1.165) is 32.5 Å². The Balaban J connectivity index is 1.49. The molecule has 0 aliphatic rings. The largest absolute Gasteiger partial charge is 0.385 e. The monoisotopic (exact) mass is 412 g/mol. The molecule has 0 saturated heterocycles. The fraction of sp³-hybridized carbons (Fsp3) is 0.310. The predicted molar refractivity (Wildman–Crippen MR) is 133 cm³/mol. The van der Waals surface area contributed by atoms with E-state index in [4.69, 9.17) is 0 Å². The number of hydrogen-bond donors (Lipinski definition) is 1. The van der Waals surface area contributed by atoms with Crippen LogP contribution in [-0.2, 0) is 26.1 Å². The van der Waals surface area contributed by atoms with Crippen LogP contribution in [0.25, 0.3) is 0 Å². The van der Waals surface area contributed by atoms with Crippen molar-refractivity contribution in [3.63, 3.8) is 0 Å². The van der Waals surface area contributed by atoms with Gasteiger partial charge in [-0.1, -0.05) is 91.4 Å². The first-order chi connectivity index (χ1) is 15.0. The summed E-state index contributed by atoms with van der Waals surface area (Å²) in [5, 5.41) is 3.62. The molecule has 3 aromatic carbocycles. The maximum atomic E-state index is 3.62. The zero-order valence-corrected chi connectivity index (χ0v) is 19.5. The Morgan fingerprint density at radius 1 is 0.806 bits per heavy atom. The Morgan fingerprint density at radius 2 is 1.39 bits per heavy atom. The minimum absolute atomic E-state index is 0.868. The summed E-state index contributed by atoms with van der Waals surface area (Å²) in [7, 11) is 2.18. The van der Waals surface area contributed by atoms with Gasteiger partial charge in [-0.25, -0.2) is 0 Å². The Labute approximate surface area is 188 Å². The Bertz CT molecular complexity index is 968.